The maximum Gasteiger partial charge on any atom is 0.137 e. The molecular weight excluding hydrogens is 283 g/mol. The van der Waals surface area contributed by atoms with Gasteiger partial charge in [0.1, 0.15) is 5.82 Å². The number of nitrogens with two attached hydrogens (primary N) is 1. The molecule has 0 aliphatic carbocycles. The Morgan fingerprint density at radius 2 is 2.29 bits per heavy atom. The number of hydrogen-bond donors (Lipinski definition) is 1. The number of benzene rings is 1. The number of likely N-dealkylation sites (tertiary alicyclic amines) is 1. The monoisotopic (exact) mass is 300 g/mol. The van der Waals surface area contributed by atoms with Crippen molar-refractivity contribution in [2.75, 3.05) is 20.1 Å². The Bertz CT molecular complexity index is 397. The Morgan fingerprint density at radius 1 is 1.53 bits per heavy atom. The van der Waals surface area contributed by atoms with Crippen LogP contribution in [0.4, 0.5) is 4.39 Å². The van der Waals surface area contributed by atoms with Crippen molar-refractivity contribution in [2.45, 2.75) is 18.9 Å². The zero-order valence-electron chi connectivity index (χ0n) is 10.00. The Morgan fingerprint density at radius 3 is 2.94 bits per heavy atom. The first-order valence-electron chi connectivity index (χ1n) is 5.98. The largest absolute Gasteiger partial charge is 0.330 e. The van der Waals surface area contributed by atoms with Crippen LogP contribution in [0, 0.1) is 11.7 Å². The number of hydrogen-bond acceptors (Lipinski definition) is 2. The molecule has 2 unspecified atom stereocenters. The van der Waals surface area contributed by atoms with Crippen molar-refractivity contribution in [1.29, 1.82) is 0 Å². The van der Waals surface area contributed by atoms with Gasteiger partial charge in [0.15, 0.2) is 0 Å². The van der Waals surface area contributed by atoms with Gasteiger partial charge in [-0.05, 0) is 72.5 Å². The van der Waals surface area contributed by atoms with Gasteiger partial charge >= 0.3 is 0 Å². The molecule has 4 heteroatoms. The van der Waals surface area contributed by atoms with Crippen LogP contribution in [0.1, 0.15) is 24.4 Å². The lowest BCUT2D eigenvalue weighted by Gasteiger charge is -2.39. The second kappa shape index (κ2) is 5.46. The molecule has 2 N–H and O–H groups in total. The molecular formula is C13H18BrFN2. The summed E-state index contributed by atoms with van der Waals surface area (Å²) in [5, 5.41) is 0. The van der Waals surface area contributed by atoms with E-state index in [0.717, 1.165) is 18.5 Å². The highest BCUT2D eigenvalue weighted by Crippen LogP contribution is 2.35. The fourth-order valence-electron chi connectivity index (χ4n) is 2.73. The van der Waals surface area contributed by atoms with E-state index >= 15 is 0 Å². The van der Waals surface area contributed by atoms with Gasteiger partial charge in [0, 0.05) is 6.04 Å². The fourth-order valence-corrected chi connectivity index (χ4v) is 2.98. The molecule has 1 aliphatic rings. The SMILES string of the molecule is CN1CCCC(CN)C1c1ccc(Br)c(F)c1. The van der Waals surface area contributed by atoms with Crippen LogP contribution in [0.25, 0.3) is 0 Å². The van der Waals surface area contributed by atoms with Crippen LogP contribution >= 0.6 is 15.9 Å². The predicted octanol–water partition coefficient (Wildman–Crippen LogP) is 2.93. The third kappa shape index (κ3) is 2.69. The molecule has 0 amide bonds. The van der Waals surface area contributed by atoms with Gasteiger partial charge < -0.3 is 5.73 Å². The average molecular weight is 301 g/mol. The summed E-state index contributed by atoms with van der Waals surface area (Å²) in [5.41, 5.74) is 6.86. The first-order chi connectivity index (χ1) is 8.13. The summed E-state index contributed by atoms with van der Waals surface area (Å²) < 4.78 is 14.1. The molecule has 1 aromatic rings. The summed E-state index contributed by atoms with van der Waals surface area (Å²) in [4.78, 5) is 2.28. The first-order valence-corrected chi connectivity index (χ1v) is 6.78. The second-order valence-electron chi connectivity index (χ2n) is 4.74. The Hall–Kier alpha value is -0.450. The molecule has 1 aliphatic heterocycles. The molecule has 0 spiro atoms. The van der Waals surface area contributed by atoms with E-state index in [1.165, 1.54) is 6.42 Å². The van der Waals surface area contributed by atoms with Crippen LogP contribution < -0.4 is 5.73 Å². The lowest BCUT2D eigenvalue weighted by atomic mass is 9.85. The van der Waals surface area contributed by atoms with Crippen molar-refractivity contribution < 1.29 is 4.39 Å². The van der Waals surface area contributed by atoms with Gasteiger partial charge in [-0.25, -0.2) is 4.39 Å². The molecule has 0 saturated carbocycles. The van der Waals surface area contributed by atoms with Crippen molar-refractivity contribution >= 4 is 15.9 Å². The van der Waals surface area contributed by atoms with E-state index in [1.807, 2.05) is 6.07 Å². The average Bonchev–Trinajstić information content (AvgIpc) is 2.32. The highest BCUT2D eigenvalue weighted by Gasteiger charge is 2.29. The van der Waals surface area contributed by atoms with Gasteiger partial charge in [0.05, 0.1) is 4.47 Å². The number of nitrogens with zero attached hydrogens (tertiary/aromatic N) is 1. The normalized spacial score (nSPS) is 26.1. The summed E-state index contributed by atoms with van der Waals surface area (Å²) in [6, 6.07) is 5.64. The molecule has 2 nitrogen and oxygen atoms in total. The van der Waals surface area contributed by atoms with Gasteiger partial charge in [-0.3, -0.25) is 4.90 Å². The number of rotatable bonds is 2. The van der Waals surface area contributed by atoms with E-state index < -0.39 is 0 Å². The first kappa shape index (κ1) is 13.0. The Labute approximate surface area is 110 Å². The van der Waals surface area contributed by atoms with E-state index in [2.05, 4.69) is 27.9 Å². The maximum absolute atomic E-state index is 13.6. The summed E-state index contributed by atoms with van der Waals surface area (Å²) in [5.74, 6) is 0.228. The molecule has 2 atom stereocenters. The Balaban J connectivity index is 2.31. The zero-order valence-corrected chi connectivity index (χ0v) is 11.6. The van der Waals surface area contributed by atoms with Gasteiger partial charge in [-0.2, -0.15) is 0 Å². The van der Waals surface area contributed by atoms with Crippen LogP contribution in [-0.4, -0.2) is 25.0 Å². The van der Waals surface area contributed by atoms with Crippen molar-refractivity contribution in [3.05, 3.63) is 34.1 Å². The van der Waals surface area contributed by atoms with Gasteiger partial charge in [0.25, 0.3) is 0 Å². The van der Waals surface area contributed by atoms with Crippen LogP contribution in [-0.2, 0) is 0 Å². The Kier molecular flexibility index (Phi) is 4.17. The fraction of sp³-hybridized carbons (Fsp3) is 0.538. The second-order valence-corrected chi connectivity index (χ2v) is 5.59. The molecule has 2 rings (SSSR count). The third-order valence-corrected chi connectivity index (χ3v) is 4.24. The number of piperidine rings is 1. The minimum Gasteiger partial charge on any atom is -0.330 e. The zero-order chi connectivity index (χ0) is 12.4. The van der Waals surface area contributed by atoms with Crippen molar-refractivity contribution in [3.8, 4) is 0 Å². The summed E-state index contributed by atoms with van der Waals surface area (Å²) in [6.45, 7) is 1.71. The molecule has 0 bridgehead atoms. The smallest absolute Gasteiger partial charge is 0.137 e. The van der Waals surface area contributed by atoms with Crippen molar-refractivity contribution in [3.63, 3.8) is 0 Å². The quantitative estimate of drug-likeness (QED) is 0.910. The summed E-state index contributed by atoms with van der Waals surface area (Å²) >= 11 is 3.19. The maximum atomic E-state index is 13.6. The predicted molar refractivity (Wildman–Crippen MR) is 71.2 cm³/mol. The standard InChI is InChI=1S/C13H18BrFN2/c1-17-6-2-3-10(8-16)13(17)9-4-5-11(14)12(15)7-9/h4-5,7,10,13H,2-3,6,8,16H2,1H3. The molecule has 0 radical (unpaired) electrons. The summed E-state index contributed by atoms with van der Waals surface area (Å²) in [6.07, 6.45) is 2.30. The topological polar surface area (TPSA) is 29.3 Å². The molecule has 1 fully saturated rings. The molecule has 0 aromatic heterocycles. The van der Waals surface area contributed by atoms with Gasteiger partial charge in [-0.1, -0.05) is 6.07 Å². The third-order valence-electron chi connectivity index (χ3n) is 3.60. The van der Waals surface area contributed by atoms with E-state index in [9.17, 15) is 4.39 Å². The van der Waals surface area contributed by atoms with Gasteiger partial charge in [-0.15, -0.1) is 0 Å². The van der Waals surface area contributed by atoms with Crippen molar-refractivity contribution in [2.24, 2.45) is 11.7 Å². The van der Waals surface area contributed by atoms with E-state index in [0.29, 0.717) is 16.9 Å². The molecule has 17 heavy (non-hydrogen) atoms. The van der Waals surface area contributed by atoms with Crippen LogP contribution in [0.5, 0.6) is 0 Å². The van der Waals surface area contributed by atoms with Gasteiger partial charge in [0.2, 0.25) is 0 Å². The minimum absolute atomic E-state index is 0.197. The van der Waals surface area contributed by atoms with Crippen LogP contribution in [0.15, 0.2) is 22.7 Å². The molecule has 1 heterocycles. The lowest BCUT2D eigenvalue weighted by molar-refractivity contribution is 0.125. The lowest BCUT2D eigenvalue weighted by Crippen LogP contribution is -2.39. The molecule has 1 aromatic carbocycles. The van der Waals surface area contributed by atoms with Crippen LogP contribution in [0.3, 0.4) is 0 Å². The molecule has 1 saturated heterocycles. The number of halogens is 2. The van der Waals surface area contributed by atoms with E-state index in [-0.39, 0.29) is 11.9 Å². The molecule has 94 valence electrons. The van der Waals surface area contributed by atoms with Crippen molar-refractivity contribution in [1.82, 2.24) is 4.90 Å². The summed E-state index contributed by atoms with van der Waals surface area (Å²) in [7, 11) is 2.09. The van der Waals surface area contributed by atoms with E-state index in [4.69, 9.17) is 5.73 Å². The van der Waals surface area contributed by atoms with Crippen LogP contribution in [0.2, 0.25) is 0 Å². The van der Waals surface area contributed by atoms with E-state index in [1.54, 1.807) is 12.1 Å². The highest BCUT2D eigenvalue weighted by atomic mass is 79.9. The highest BCUT2D eigenvalue weighted by molar-refractivity contribution is 9.10. The minimum atomic E-state index is -0.197.